The summed E-state index contributed by atoms with van der Waals surface area (Å²) in [6.07, 6.45) is -0.0918. The number of nitrogens with zero attached hydrogens (tertiary/aromatic N) is 4. The molecule has 2 heterocycles. The van der Waals surface area contributed by atoms with Crippen molar-refractivity contribution < 1.29 is 18.7 Å². The molecule has 2 aromatic carbocycles. The van der Waals surface area contributed by atoms with E-state index in [2.05, 4.69) is 10.3 Å². The Bertz CT molecular complexity index is 1130. The van der Waals surface area contributed by atoms with E-state index >= 15 is 0 Å². The topological polar surface area (TPSA) is 94.4 Å². The fourth-order valence-corrected chi connectivity index (χ4v) is 3.12. The van der Waals surface area contributed by atoms with Crippen LogP contribution in [0.5, 0.6) is 0 Å². The van der Waals surface area contributed by atoms with E-state index in [1.165, 1.54) is 23.1 Å². The Morgan fingerprint density at radius 3 is 2.71 bits per heavy atom. The number of para-hydroxylation sites is 1. The molecule has 4 rings (SSSR count). The highest BCUT2D eigenvalue weighted by Gasteiger charge is 2.37. The van der Waals surface area contributed by atoms with Gasteiger partial charge in [0, 0.05) is 13.0 Å². The van der Waals surface area contributed by atoms with Crippen molar-refractivity contribution in [3.8, 4) is 0 Å². The van der Waals surface area contributed by atoms with Crippen molar-refractivity contribution >= 4 is 28.5 Å². The second-order valence-electron chi connectivity index (χ2n) is 6.36. The van der Waals surface area contributed by atoms with Crippen LogP contribution in [-0.2, 0) is 21.1 Å². The highest BCUT2D eigenvalue weighted by molar-refractivity contribution is 5.99. The van der Waals surface area contributed by atoms with Crippen molar-refractivity contribution in [2.24, 2.45) is 5.92 Å². The summed E-state index contributed by atoms with van der Waals surface area (Å²) in [6.45, 7) is -0.406. The predicted octanol–water partition coefficient (Wildman–Crippen LogP) is 1.48. The Morgan fingerprint density at radius 2 is 1.89 bits per heavy atom. The molecule has 9 heteroatoms. The standard InChI is InChI=1S/C19H15FN4O4/c20-14-6-2-4-8-16(14)23-10-12(9-17(23)25)19(27)28-11-24-18(26)13-5-1-3-7-15(13)21-22-24/h1-8,12H,9-11H2/t12-/m1/s1. The molecule has 0 saturated carbocycles. The Morgan fingerprint density at radius 1 is 1.14 bits per heavy atom. The zero-order chi connectivity index (χ0) is 19.7. The summed E-state index contributed by atoms with van der Waals surface area (Å²) in [4.78, 5) is 38.1. The number of ether oxygens (including phenoxy) is 1. The molecule has 0 bridgehead atoms. The van der Waals surface area contributed by atoms with Gasteiger partial charge in [-0.05, 0) is 24.3 Å². The van der Waals surface area contributed by atoms with E-state index in [9.17, 15) is 18.8 Å². The van der Waals surface area contributed by atoms with Gasteiger partial charge in [0.2, 0.25) is 5.91 Å². The molecule has 1 aliphatic rings. The molecule has 1 aromatic heterocycles. The van der Waals surface area contributed by atoms with Gasteiger partial charge < -0.3 is 9.64 Å². The number of anilines is 1. The summed E-state index contributed by atoms with van der Waals surface area (Å²) in [6, 6.07) is 12.6. The number of esters is 1. The minimum absolute atomic E-state index is 0.0108. The number of halogens is 1. The second-order valence-corrected chi connectivity index (χ2v) is 6.36. The molecule has 1 fully saturated rings. The maximum Gasteiger partial charge on any atom is 0.313 e. The first-order chi connectivity index (χ1) is 13.5. The van der Waals surface area contributed by atoms with Crippen LogP contribution in [-0.4, -0.2) is 33.4 Å². The van der Waals surface area contributed by atoms with Gasteiger partial charge in [-0.15, -0.1) is 5.10 Å². The van der Waals surface area contributed by atoms with Gasteiger partial charge >= 0.3 is 5.97 Å². The van der Waals surface area contributed by atoms with E-state index in [0.717, 1.165) is 4.68 Å². The van der Waals surface area contributed by atoms with Crippen molar-refractivity contribution in [2.45, 2.75) is 13.2 Å². The third kappa shape index (κ3) is 3.22. The Labute approximate surface area is 158 Å². The van der Waals surface area contributed by atoms with Crippen LogP contribution in [0.15, 0.2) is 53.3 Å². The van der Waals surface area contributed by atoms with Crippen LogP contribution in [0.4, 0.5) is 10.1 Å². The monoisotopic (exact) mass is 382 g/mol. The molecular formula is C19H15FN4O4. The van der Waals surface area contributed by atoms with E-state index in [4.69, 9.17) is 4.74 Å². The van der Waals surface area contributed by atoms with Gasteiger partial charge in [-0.2, -0.15) is 4.68 Å². The van der Waals surface area contributed by atoms with Crippen molar-refractivity contribution in [2.75, 3.05) is 11.4 Å². The van der Waals surface area contributed by atoms with Gasteiger partial charge in [0.15, 0.2) is 6.73 Å². The molecule has 1 atom stereocenters. The molecule has 0 N–H and O–H groups in total. The average Bonchev–Trinajstić information content (AvgIpc) is 3.09. The summed E-state index contributed by atoms with van der Waals surface area (Å²) in [5.74, 6) is -2.32. The molecule has 8 nitrogen and oxygen atoms in total. The zero-order valence-corrected chi connectivity index (χ0v) is 14.6. The molecule has 142 valence electrons. The predicted molar refractivity (Wildman–Crippen MR) is 96.8 cm³/mol. The quantitative estimate of drug-likeness (QED) is 0.635. The fraction of sp³-hybridized carbons (Fsp3) is 0.211. The van der Waals surface area contributed by atoms with E-state index in [1.807, 2.05) is 0 Å². The van der Waals surface area contributed by atoms with Crippen LogP contribution in [0.25, 0.3) is 10.9 Å². The first kappa shape index (κ1) is 17.8. The average molecular weight is 382 g/mol. The van der Waals surface area contributed by atoms with E-state index in [1.54, 1.807) is 30.3 Å². The molecule has 0 unspecified atom stereocenters. The maximum atomic E-state index is 13.9. The van der Waals surface area contributed by atoms with Crippen molar-refractivity contribution in [3.05, 3.63) is 64.7 Å². The van der Waals surface area contributed by atoms with Gasteiger partial charge in [0.05, 0.1) is 17.0 Å². The van der Waals surface area contributed by atoms with Gasteiger partial charge in [-0.3, -0.25) is 14.4 Å². The van der Waals surface area contributed by atoms with Crippen molar-refractivity contribution in [1.82, 2.24) is 15.0 Å². The lowest BCUT2D eigenvalue weighted by atomic mass is 10.1. The third-order valence-electron chi connectivity index (χ3n) is 4.56. The summed E-state index contributed by atoms with van der Waals surface area (Å²) in [5.41, 5.74) is 0.130. The van der Waals surface area contributed by atoms with Crippen LogP contribution < -0.4 is 10.5 Å². The smallest absolute Gasteiger partial charge is 0.313 e. The Balaban J connectivity index is 1.45. The molecule has 3 aromatic rings. The minimum atomic E-state index is -0.753. The lowest BCUT2D eigenvalue weighted by Crippen LogP contribution is -2.30. The van der Waals surface area contributed by atoms with E-state index in [-0.39, 0.29) is 24.6 Å². The molecule has 0 radical (unpaired) electrons. The summed E-state index contributed by atoms with van der Waals surface area (Å²) in [7, 11) is 0. The molecule has 1 amide bonds. The maximum absolute atomic E-state index is 13.9. The third-order valence-corrected chi connectivity index (χ3v) is 4.56. The van der Waals surface area contributed by atoms with Crippen LogP contribution in [0.3, 0.4) is 0 Å². The van der Waals surface area contributed by atoms with Crippen LogP contribution in [0, 0.1) is 11.7 Å². The van der Waals surface area contributed by atoms with Gasteiger partial charge in [0.25, 0.3) is 5.56 Å². The Hall–Kier alpha value is -3.62. The molecule has 1 aliphatic heterocycles. The molecule has 28 heavy (non-hydrogen) atoms. The summed E-state index contributed by atoms with van der Waals surface area (Å²) in [5, 5.41) is 8.01. The van der Waals surface area contributed by atoms with Gasteiger partial charge in [-0.25, -0.2) is 4.39 Å². The van der Waals surface area contributed by atoms with Crippen molar-refractivity contribution in [1.29, 1.82) is 0 Å². The number of carbonyl (C=O) groups excluding carboxylic acids is 2. The SMILES string of the molecule is O=C(OCn1nnc2ccccc2c1=O)[C@@H]1CC(=O)N(c2ccccc2F)C1. The highest BCUT2D eigenvalue weighted by Crippen LogP contribution is 2.27. The van der Waals surface area contributed by atoms with Crippen molar-refractivity contribution in [3.63, 3.8) is 0 Å². The van der Waals surface area contributed by atoms with E-state index in [0.29, 0.717) is 10.9 Å². The number of hydrogen-bond acceptors (Lipinski definition) is 6. The largest absolute Gasteiger partial charge is 0.442 e. The van der Waals surface area contributed by atoms with Crippen LogP contribution in [0.1, 0.15) is 6.42 Å². The number of rotatable bonds is 4. The highest BCUT2D eigenvalue weighted by atomic mass is 19.1. The fourth-order valence-electron chi connectivity index (χ4n) is 3.12. The normalized spacial score (nSPS) is 16.5. The summed E-state index contributed by atoms with van der Waals surface area (Å²) < 4.78 is 20.0. The molecular weight excluding hydrogens is 367 g/mol. The number of benzene rings is 2. The first-order valence-electron chi connectivity index (χ1n) is 8.58. The molecule has 0 aliphatic carbocycles. The zero-order valence-electron chi connectivity index (χ0n) is 14.6. The first-order valence-corrected chi connectivity index (χ1v) is 8.58. The van der Waals surface area contributed by atoms with Gasteiger partial charge in [0.1, 0.15) is 11.3 Å². The lowest BCUT2D eigenvalue weighted by molar-refractivity contribution is -0.152. The van der Waals surface area contributed by atoms with Crippen LogP contribution >= 0.6 is 0 Å². The minimum Gasteiger partial charge on any atom is -0.442 e. The number of aromatic nitrogens is 3. The number of amides is 1. The molecule has 0 spiro atoms. The van der Waals surface area contributed by atoms with Crippen LogP contribution in [0.2, 0.25) is 0 Å². The summed E-state index contributed by atoms with van der Waals surface area (Å²) >= 11 is 0. The number of hydrogen-bond donors (Lipinski definition) is 0. The lowest BCUT2D eigenvalue weighted by Gasteiger charge is -2.17. The number of fused-ring (bicyclic) bond motifs is 1. The Kier molecular flexibility index (Phi) is 4.56. The number of carbonyl (C=O) groups is 2. The van der Waals surface area contributed by atoms with Gasteiger partial charge in [-0.1, -0.05) is 29.5 Å². The molecule has 1 saturated heterocycles. The second kappa shape index (κ2) is 7.18. The van der Waals surface area contributed by atoms with E-state index < -0.39 is 30.0 Å².